The van der Waals surface area contributed by atoms with Crippen molar-refractivity contribution < 1.29 is 13.2 Å². The molecule has 1 aliphatic carbocycles. The van der Waals surface area contributed by atoms with Gasteiger partial charge in [-0.3, -0.25) is 0 Å². The van der Waals surface area contributed by atoms with Gasteiger partial charge in [-0.2, -0.15) is 18.3 Å². The Morgan fingerprint density at radius 1 is 1.04 bits per heavy atom. The van der Waals surface area contributed by atoms with E-state index in [9.17, 15) is 13.2 Å². The first-order chi connectivity index (χ1) is 12.5. The smallest absolute Gasteiger partial charge is 0.367 e. The fraction of sp³-hybridized carbons (Fsp3) is 0.368. The number of benzene rings is 1. The Hall–Kier alpha value is -2.57. The summed E-state index contributed by atoms with van der Waals surface area (Å²) < 4.78 is 40.3. The summed E-state index contributed by atoms with van der Waals surface area (Å²) in [5.41, 5.74) is 0.823. The maximum atomic E-state index is 12.9. The Kier molecular flexibility index (Phi) is 4.30. The molecule has 7 heteroatoms. The van der Waals surface area contributed by atoms with Crippen LogP contribution in [0.25, 0.3) is 16.9 Å². The standard InChI is InChI=1S/C19H19F3N4/c20-19(21,22)14-6-4-5-13(11-14)16-12-18-24-17(9-10-26(18)25-16)23-15-7-2-1-3-8-15/h4-6,9-12,15H,1-3,7-8H2,(H,23,24). The van der Waals surface area contributed by atoms with Crippen LogP contribution in [0.2, 0.25) is 0 Å². The highest BCUT2D eigenvalue weighted by molar-refractivity contribution is 5.65. The van der Waals surface area contributed by atoms with Crippen molar-refractivity contribution in [1.82, 2.24) is 14.6 Å². The van der Waals surface area contributed by atoms with Crippen molar-refractivity contribution in [2.24, 2.45) is 0 Å². The third kappa shape index (κ3) is 3.52. The second-order valence-electron chi connectivity index (χ2n) is 6.70. The van der Waals surface area contributed by atoms with E-state index in [4.69, 9.17) is 0 Å². The van der Waals surface area contributed by atoms with Crippen LogP contribution in [0, 0.1) is 0 Å². The Bertz CT molecular complexity index is 911. The molecule has 0 amide bonds. The molecule has 1 fully saturated rings. The largest absolute Gasteiger partial charge is 0.416 e. The fourth-order valence-electron chi connectivity index (χ4n) is 3.41. The van der Waals surface area contributed by atoms with E-state index in [-0.39, 0.29) is 0 Å². The highest BCUT2D eigenvalue weighted by Gasteiger charge is 2.30. The van der Waals surface area contributed by atoms with E-state index in [0.29, 0.717) is 22.9 Å². The number of anilines is 1. The first-order valence-corrected chi connectivity index (χ1v) is 8.80. The van der Waals surface area contributed by atoms with Crippen LogP contribution in [0.1, 0.15) is 37.7 Å². The van der Waals surface area contributed by atoms with Crippen molar-refractivity contribution in [2.45, 2.75) is 44.3 Å². The van der Waals surface area contributed by atoms with Gasteiger partial charge in [0.05, 0.1) is 11.3 Å². The highest BCUT2D eigenvalue weighted by atomic mass is 19.4. The molecule has 1 aliphatic rings. The molecule has 0 bridgehead atoms. The quantitative estimate of drug-likeness (QED) is 0.701. The summed E-state index contributed by atoms with van der Waals surface area (Å²) in [6, 6.07) is 9.19. The normalized spacial score (nSPS) is 16.1. The van der Waals surface area contributed by atoms with Gasteiger partial charge in [0.1, 0.15) is 5.82 Å². The van der Waals surface area contributed by atoms with E-state index in [1.165, 1.54) is 25.3 Å². The summed E-state index contributed by atoms with van der Waals surface area (Å²) in [6.07, 6.45) is 3.44. The molecule has 2 heterocycles. The highest BCUT2D eigenvalue weighted by Crippen LogP contribution is 2.32. The summed E-state index contributed by atoms with van der Waals surface area (Å²) in [7, 11) is 0. The minimum atomic E-state index is -4.37. The van der Waals surface area contributed by atoms with E-state index in [0.717, 1.165) is 30.8 Å². The van der Waals surface area contributed by atoms with E-state index >= 15 is 0 Å². The average Bonchev–Trinajstić information content (AvgIpc) is 3.05. The van der Waals surface area contributed by atoms with Gasteiger partial charge in [-0.25, -0.2) is 9.50 Å². The first kappa shape index (κ1) is 16.9. The molecule has 136 valence electrons. The Morgan fingerprint density at radius 2 is 1.85 bits per heavy atom. The first-order valence-electron chi connectivity index (χ1n) is 8.80. The second-order valence-corrected chi connectivity index (χ2v) is 6.70. The Labute approximate surface area is 149 Å². The van der Waals surface area contributed by atoms with Crippen molar-refractivity contribution in [1.29, 1.82) is 0 Å². The molecule has 1 N–H and O–H groups in total. The molecular formula is C19H19F3N4. The molecule has 4 rings (SSSR count). The van der Waals surface area contributed by atoms with Crippen LogP contribution in [-0.2, 0) is 6.18 Å². The van der Waals surface area contributed by atoms with Crippen LogP contribution in [0.4, 0.5) is 19.0 Å². The summed E-state index contributed by atoms with van der Waals surface area (Å²) in [6.45, 7) is 0. The van der Waals surface area contributed by atoms with Crippen molar-refractivity contribution in [3.05, 3.63) is 48.2 Å². The SMILES string of the molecule is FC(F)(F)c1cccc(-c2cc3nc(NC4CCCCC4)ccn3n2)c1. The molecule has 0 atom stereocenters. The summed E-state index contributed by atoms with van der Waals surface area (Å²) >= 11 is 0. The van der Waals surface area contributed by atoms with Gasteiger partial charge in [0.15, 0.2) is 5.65 Å². The predicted octanol–water partition coefficient (Wildman–Crippen LogP) is 5.16. The summed E-state index contributed by atoms with van der Waals surface area (Å²) in [5.74, 6) is 0.778. The molecule has 2 aromatic heterocycles. The van der Waals surface area contributed by atoms with Gasteiger partial charge in [-0.05, 0) is 31.0 Å². The number of nitrogens with one attached hydrogen (secondary N) is 1. The molecule has 0 unspecified atom stereocenters. The van der Waals surface area contributed by atoms with Gasteiger partial charge in [0.2, 0.25) is 0 Å². The topological polar surface area (TPSA) is 42.2 Å². The van der Waals surface area contributed by atoms with Gasteiger partial charge in [0, 0.05) is 23.9 Å². The van der Waals surface area contributed by atoms with Crippen molar-refractivity contribution in [3.8, 4) is 11.3 Å². The number of nitrogens with zero attached hydrogens (tertiary/aromatic N) is 3. The fourth-order valence-corrected chi connectivity index (χ4v) is 3.41. The molecule has 3 aromatic rings. The number of fused-ring (bicyclic) bond motifs is 1. The van der Waals surface area contributed by atoms with Crippen molar-refractivity contribution >= 4 is 11.5 Å². The third-order valence-electron chi connectivity index (χ3n) is 4.77. The number of aromatic nitrogens is 3. The van der Waals surface area contributed by atoms with Crippen LogP contribution in [0.5, 0.6) is 0 Å². The maximum absolute atomic E-state index is 12.9. The lowest BCUT2D eigenvalue weighted by atomic mass is 9.95. The van der Waals surface area contributed by atoms with Crippen LogP contribution in [0.15, 0.2) is 42.6 Å². The van der Waals surface area contributed by atoms with Crippen LogP contribution < -0.4 is 5.32 Å². The van der Waals surface area contributed by atoms with Gasteiger partial charge in [0.25, 0.3) is 0 Å². The predicted molar refractivity (Wildman–Crippen MR) is 93.9 cm³/mol. The van der Waals surface area contributed by atoms with E-state index in [2.05, 4.69) is 15.4 Å². The number of alkyl halides is 3. The molecule has 0 saturated heterocycles. The van der Waals surface area contributed by atoms with Crippen molar-refractivity contribution in [3.63, 3.8) is 0 Å². The average molecular weight is 360 g/mol. The van der Waals surface area contributed by atoms with Gasteiger partial charge in [-0.1, -0.05) is 31.4 Å². The van der Waals surface area contributed by atoms with Gasteiger partial charge < -0.3 is 5.32 Å². The molecule has 26 heavy (non-hydrogen) atoms. The molecule has 1 aromatic carbocycles. The van der Waals surface area contributed by atoms with E-state index in [1.807, 2.05) is 6.07 Å². The molecule has 1 saturated carbocycles. The minimum Gasteiger partial charge on any atom is -0.367 e. The molecule has 0 radical (unpaired) electrons. The van der Waals surface area contributed by atoms with Gasteiger partial charge >= 0.3 is 6.18 Å². The zero-order valence-corrected chi connectivity index (χ0v) is 14.1. The van der Waals surface area contributed by atoms with Crippen LogP contribution in [0.3, 0.4) is 0 Å². The lowest BCUT2D eigenvalue weighted by Gasteiger charge is -2.23. The zero-order valence-electron chi connectivity index (χ0n) is 14.1. The number of hydrogen-bond acceptors (Lipinski definition) is 3. The monoisotopic (exact) mass is 360 g/mol. The molecule has 0 spiro atoms. The second kappa shape index (κ2) is 6.63. The molecule has 0 aliphatic heterocycles. The number of rotatable bonds is 3. The maximum Gasteiger partial charge on any atom is 0.416 e. The van der Waals surface area contributed by atoms with E-state index < -0.39 is 11.7 Å². The van der Waals surface area contributed by atoms with Crippen LogP contribution in [-0.4, -0.2) is 20.6 Å². The van der Waals surface area contributed by atoms with Gasteiger partial charge in [-0.15, -0.1) is 0 Å². The third-order valence-corrected chi connectivity index (χ3v) is 4.77. The van der Waals surface area contributed by atoms with E-state index in [1.54, 1.807) is 22.8 Å². The Morgan fingerprint density at radius 3 is 2.62 bits per heavy atom. The lowest BCUT2D eigenvalue weighted by molar-refractivity contribution is -0.137. The molecular weight excluding hydrogens is 341 g/mol. The van der Waals surface area contributed by atoms with Crippen LogP contribution >= 0.6 is 0 Å². The molecule has 4 nitrogen and oxygen atoms in total. The number of hydrogen-bond donors (Lipinski definition) is 1. The van der Waals surface area contributed by atoms with Crippen molar-refractivity contribution in [2.75, 3.05) is 5.32 Å². The Balaban J connectivity index is 1.61. The number of halogens is 3. The minimum absolute atomic E-state index is 0.423. The summed E-state index contributed by atoms with van der Waals surface area (Å²) in [4.78, 5) is 4.55. The lowest BCUT2D eigenvalue weighted by Crippen LogP contribution is -2.22. The summed E-state index contributed by atoms with van der Waals surface area (Å²) in [5, 5.41) is 7.80. The zero-order chi connectivity index (χ0) is 18.1.